The van der Waals surface area contributed by atoms with Gasteiger partial charge in [0, 0.05) is 58.2 Å². The van der Waals surface area contributed by atoms with Gasteiger partial charge >= 0.3 is 10.4 Å². The molecule has 2 N–H and O–H groups in total. The van der Waals surface area contributed by atoms with Crippen LogP contribution in [0.15, 0.2) is 0 Å². The van der Waals surface area contributed by atoms with Crippen LogP contribution in [-0.2, 0) is 10.4 Å². The van der Waals surface area contributed by atoms with Crippen LogP contribution < -0.4 is 0 Å². The van der Waals surface area contributed by atoms with Gasteiger partial charge in [0.05, 0.1) is 0 Å². The van der Waals surface area contributed by atoms with Gasteiger partial charge in [-0.2, -0.15) is 8.42 Å². The average Bonchev–Trinajstić information content (AvgIpc) is 0.722. The summed E-state index contributed by atoms with van der Waals surface area (Å²) >= 11 is 0. The summed E-state index contributed by atoms with van der Waals surface area (Å²) in [5.74, 6) is 0. The molecule has 6 heavy (non-hydrogen) atoms. The van der Waals surface area contributed by atoms with E-state index in [9.17, 15) is 0 Å². The van der Waals surface area contributed by atoms with E-state index in [0.717, 1.165) is 0 Å². The molecule has 0 atom stereocenters. The average molecular weight is 184 g/mol. The molecule has 6 heteroatoms. The first-order valence-electron chi connectivity index (χ1n) is 0.698. The van der Waals surface area contributed by atoms with Crippen molar-refractivity contribution in [1.82, 2.24) is 0 Å². The van der Waals surface area contributed by atoms with E-state index in [1.807, 2.05) is 0 Å². The Morgan fingerprint density at radius 1 is 1.17 bits per heavy atom. The number of hydrogen-bond donors (Lipinski definition) is 2. The van der Waals surface area contributed by atoms with Crippen LogP contribution in [-0.4, -0.2) is 75.7 Å². The predicted octanol–water partition coefficient (Wildman–Crippen LogP) is -1.03. The molecule has 33 valence electrons. The van der Waals surface area contributed by atoms with E-state index in [1.165, 1.54) is 0 Å². The summed E-state index contributed by atoms with van der Waals surface area (Å²) in [5.41, 5.74) is 0. The van der Waals surface area contributed by atoms with Crippen molar-refractivity contribution in [3.8, 4) is 0 Å². The van der Waals surface area contributed by atoms with E-state index in [2.05, 4.69) is 0 Å². The van der Waals surface area contributed by atoms with Crippen molar-refractivity contribution in [2.45, 2.75) is 0 Å². The first-order chi connectivity index (χ1) is 2.00. The van der Waals surface area contributed by atoms with Gasteiger partial charge in [0.25, 0.3) is 0 Å². The van der Waals surface area contributed by atoms with Crippen molar-refractivity contribution < 1.29 is 17.5 Å². The quantitative estimate of drug-likeness (QED) is 0.471. The van der Waals surface area contributed by atoms with E-state index in [-0.39, 0.29) is 58.2 Å². The summed E-state index contributed by atoms with van der Waals surface area (Å²) in [6.07, 6.45) is 0. The second-order valence-corrected chi connectivity index (χ2v) is 1.34. The van der Waals surface area contributed by atoms with Gasteiger partial charge in [0.15, 0.2) is 0 Å². The largest absolute Gasteiger partial charge is 0.394 e. The second kappa shape index (κ2) is 3.65. The SMILES string of the molecule is O=S(=O)(O)O.[Rb]. The third-order valence-electron chi connectivity index (χ3n) is 0. The van der Waals surface area contributed by atoms with Crippen molar-refractivity contribution in [2.24, 2.45) is 0 Å². The molecule has 0 unspecified atom stereocenters. The Hall–Kier alpha value is 1.68. The molecular formula is H2O4RbS. The number of rotatable bonds is 0. The van der Waals surface area contributed by atoms with Crippen LogP contribution in [0.25, 0.3) is 0 Å². The number of hydrogen-bond acceptors (Lipinski definition) is 2. The van der Waals surface area contributed by atoms with Crippen LogP contribution in [0.5, 0.6) is 0 Å². The molecule has 1 radical (unpaired) electrons. The van der Waals surface area contributed by atoms with Gasteiger partial charge in [-0.25, -0.2) is 0 Å². The molecule has 0 aromatic rings. The monoisotopic (exact) mass is 183 g/mol. The maximum absolute atomic E-state index is 8.74. The zero-order valence-corrected chi connectivity index (χ0v) is 8.85. The Bertz CT molecular complexity index is 90.7. The summed E-state index contributed by atoms with van der Waals surface area (Å²) in [6.45, 7) is 0. The van der Waals surface area contributed by atoms with Gasteiger partial charge in [-0.3, -0.25) is 9.11 Å². The normalized spacial score (nSPS) is 9.67. The fourth-order valence-corrected chi connectivity index (χ4v) is 0. The van der Waals surface area contributed by atoms with Crippen LogP contribution in [0.3, 0.4) is 0 Å². The Balaban J connectivity index is 0. The summed E-state index contributed by atoms with van der Waals surface area (Å²) in [6, 6.07) is 0. The molecule has 0 bridgehead atoms. The molecular weight excluding hydrogens is 182 g/mol. The summed E-state index contributed by atoms with van der Waals surface area (Å²) in [4.78, 5) is 0. The van der Waals surface area contributed by atoms with E-state index in [4.69, 9.17) is 17.5 Å². The molecule has 0 rings (SSSR count). The van der Waals surface area contributed by atoms with Crippen LogP contribution in [0.4, 0.5) is 0 Å². The Kier molecular flexibility index (Phi) is 6.46. The van der Waals surface area contributed by atoms with Gasteiger partial charge < -0.3 is 0 Å². The van der Waals surface area contributed by atoms with Crippen LogP contribution in [0, 0.1) is 0 Å². The van der Waals surface area contributed by atoms with Crippen LogP contribution in [0.2, 0.25) is 0 Å². The molecule has 0 aromatic carbocycles. The Morgan fingerprint density at radius 2 is 1.17 bits per heavy atom. The third-order valence-corrected chi connectivity index (χ3v) is 0. The van der Waals surface area contributed by atoms with Gasteiger partial charge in [0.2, 0.25) is 0 Å². The van der Waals surface area contributed by atoms with E-state index < -0.39 is 10.4 Å². The third kappa shape index (κ3) is 44.2. The van der Waals surface area contributed by atoms with Crippen LogP contribution in [0.1, 0.15) is 0 Å². The maximum atomic E-state index is 8.74. The maximum Gasteiger partial charge on any atom is 0.394 e. The predicted molar refractivity (Wildman–Crippen MR) is 19.9 cm³/mol. The minimum atomic E-state index is -4.67. The fourth-order valence-electron chi connectivity index (χ4n) is 0. The molecule has 0 aliphatic carbocycles. The Labute approximate surface area is 84.3 Å². The van der Waals surface area contributed by atoms with Crippen molar-refractivity contribution in [1.29, 1.82) is 0 Å². The van der Waals surface area contributed by atoms with Crippen molar-refractivity contribution >= 4 is 68.6 Å². The molecule has 0 fully saturated rings. The molecule has 0 amide bonds. The van der Waals surface area contributed by atoms with Gasteiger partial charge in [-0.05, 0) is 0 Å². The molecule has 0 aromatic heterocycles. The molecule has 0 aliphatic rings. The first-order valence-corrected chi connectivity index (χ1v) is 2.10. The van der Waals surface area contributed by atoms with E-state index >= 15 is 0 Å². The van der Waals surface area contributed by atoms with Crippen molar-refractivity contribution in [2.75, 3.05) is 0 Å². The van der Waals surface area contributed by atoms with Gasteiger partial charge in [-0.15, -0.1) is 0 Å². The fraction of sp³-hybridized carbons (Fsp3) is 0. The zero-order valence-electron chi connectivity index (χ0n) is 3.12. The van der Waals surface area contributed by atoms with Gasteiger partial charge in [-0.1, -0.05) is 0 Å². The van der Waals surface area contributed by atoms with Crippen LogP contribution >= 0.6 is 0 Å². The molecule has 4 nitrogen and oxygen atoms in total. The molecule has 0 heterocycles. The first kappa shape index (κ1) is 10.6. The molecule has 0 saturated carbocycles. The topological polar surface area (TPSA) is 74.6 Å². The summed E-state index contributed by atoms with van der Waals surface area (Å²) in [7, 11) is -4.67. The molecule has 0 spiro atoms. The van der Waals surface area contributed by atoms with Crippen molar-refractivity contribution in [3.05, 3.63) is 0 Å². The minimum absolute atomic E-state index is 0. The second-order valence-electron chi connectivity index (χ2n) is 0.448. The van der Waals surface area contributed by atoms with Crippen molar-refractivity contribution in [3.63, 3.8) is 0 Å². The molecule has 0 aliphatic heterocycles. The van der Waals surface area contributed by atoms with E-state index in [0.29, 0.717) is 0 Å². The summed E-state index contributed by atoms with van der Waals surface area (Å²) < 4.78 is 31.6. The minimum Gasteiger partial charge on any atom is -0.264 e. The smallest absolute Gasteiger partial charge is 0.264 e. The van der Waals surface area contributed by atoms with Gasteiger partial charge in [0.1, 0.15) is 0 Å². The summed E-state index contributed by atoms with van der Waals surface area (Å²) in [5, 5.41) is 0. The Morgan fingerprint density at radius 3 is 1.17 bits per heavy atom. The standard InChI is InChI=1S/H2O4S.Rb/c1-5(2,3)4;/h(H2,1,2,3,4);. The van der Waals surface area contributed by atoms with E-state index in [1.54, 1.807) is 0 Å². The molecule has 0 saturated heterocycles. The zero-order chi connectivity index (χ0) is 4.50.